The normalized spacial score (nSPS) is 10.8. The fourth-order valence-corrected chi connectivity index (χ4v) is 4.36. The SMILES string of the molecule is CCOc1cc(/C=C(/C#N)C(=O)Nc2ccc(C(=O)OC)cc2)cc(I)c1OCC(=O)Nc1ccc(C)c(Cl)c1. The second-order valence-electron chi connectivity index (χ2n) is 8.26. The summed E-state index contributed by atoms with van der Waals surface area (Å²) >= 11 is 8.15. The zero-order chi connectivity index (χ0) is 29.2. The summed E-state index contributed by atoms with van der Waals surface area (Å²) in [7, 11) is 1.28. The van der Waals surface area contributed by atoms with Gasteiger partial charge in [0, 0.05) is 16.4 Å². The van der Waals surface area contributed by atoms with Crippen molar-refractivity contribution >= 4 is 69.4 Å². The van der Waals surface area contributed by atoms with Crippen LogP contribution in [-0.4, -0.2) is 38.1 Å². The van der Waals surface area contributed by atoms with E-state index in [2.05, 4.69) is 15.4 Å². The van der Waals surface area contributed by atoms with Crippen molar-refractivity contribution < 1.29 is 28.6 Å². The highest BCUT2D eigenvalue weighted by Crippen LogP contribution is 2.35. The summed E-state index contributed by atoms with van der Waals surface area (Å²) < 4.78 is 16.8. The smallest absolute Gasteiger partial charge is 0.337 e. The van der Waals surface area contributed by atoms with Crippen LogP contribution in [0.25, 0.3) is 6.08 Å². The predicted octanol–water partition coefficient (Wildman–Crippen LogP) is 6.00. The van der Waals surface area contributed by atoms with Crippen molar-refractivity contribution in [3.8, 4) is 17.6 Å². The van der Waals surface area contributed by atoms with Gasteiger partial charge in [0.15, 0.2) is 18.1 Å². The van der Waals surface area contributed by atoms with E-state index in [0.29, 0.717) is 49.2 Å². The standard InChI is InChI=1S/C29H25ClIN3O6/c1-4-39-25-13-18(11-20(15-32)28(36)34-21-9-6-19(7-10-21)29(37)38-3)12-24(31)27(25)40-16-26(35)33-22-8-5-17(2)23(30)14-22/h5-14H,4,16H2,1-3H3,(H,33,35)(H,34,36)/b20-11-. The van der Waals surface area contributed by atoms with Gasteiger partial charge in [0.25, 0.3) is 11.8 Å². The van der Waals surface area contributed by atoms with Crippen LogP contribution >= 0.6 is 34.2 Å². The molecule has 3 rings (SSSR count). The minimum Gasteiger partial charge on any atom is -0.490 e. The predicted molar refractivity (Wildman–Crippen MR) is 161 cm³/mol. The summed E-state index contributed by atoms with van der Waals surface area (Å²) in [6.45, 7) is 3.70. The van der Waals surface area contributed by atoms with Crippen LogP contribution in [0.3, 0.4) is 0 Å². The van der Waals surface area contributed by atoms with Crippen LogP contribution in [0.4, 0.5) is 11.4 Å². The van der Waals surface area contributed by atoms with Gasteiger partial charge in [-0.15, -0.1) is 0 Å². The molecule has 206 valence electrons. The van der Waals surface area contributed by atoms with E-state index in [4.69, 9.17) is 21.1 Å². The Morgan fingerprint density at radius 3 is 2.35 bits per heavy atom. The fourth-order valence-electron chi connectivity index (χ4n) is 3.40. The number of carbonyl (C=O) groups is 3. The molecule has 3 aromatic carbocycles. The molecule has 11 heteroatoms. The van der Waals surface area contributed by atoms with Gasteiger partial charge in [-0.05, 0) is 102 Å². The summed E-state index contributed by atoms with van der Waals surface area (Å²) in [5.74, 6) is -0.813. The zero-order valence-corrected chi connectivity index (χ0v) is 24.8. The van der Waals surface area contributed by atoms with E-state index in [-0.39, 0.29) is 18.1 Å². The van der Waals surface area contributed by atoms with Crippen molar-refractivity contribution in [2.24, 2.45) is 0 Å². The van der Waals surface area contributed by atoms with Crippen LogP contribution in [0, 0.1) is 21.8 Å². The quantitative estimate of drug-likeness (QED) is 0.117. The van der Waals surface area contributed by atoms with E-state index in [0.717, 1.165) is 5.56 Å². The maximum absolute atomic E-state index is 12.7. The van der Waals surface area contributed by atoms with Gasteiger partial charge in [-0.2, -0.15) is 5.26 Å². The lowest BCUT2D eigenvalue weighted by Gasteiger charge is -2.15. The van der Waals surface area contributed by atoms with Crippen LogP contribution in [0.15, 0.2) is 60.2 Å². The molecule has 0 radical (unpaired) electrons. The van der Waals surface area contributed by atoms with E-state index in [1.807, 2.05) is 35.6 Å². The van der Waals surface area contributed by atoms with Gasteiger partial charge >= 0.3 is 5.97 Å². The lowest BCUT2D eigenvalue weighted by molar-refractivity contribution is -0.118. The highest BCUT2D eigenvalue weighted by atomic mass is 127. The van der Waals surface area contributed by atoms with Crippen LogP contribution in [0.5, 0.6) is 11.5 Å². The Kier molecular flexibility index (Phi) is 10.9. The Balaban J connectivity index is 1.75. The Labute approximate surface area is 250 Å². The van der Waals surface area contributed by atoms with E-state index < -0.39 is 11.9 Å². The second kappa shape index (κ2) is 14.3. The molecule has 0 saturated heterocycles. The highest BCUT2D eigenvalue weighted by molar-refractivity contribution is 14.1. The molecule has 0 bridgehead atoms. The lowest BCUT2D eigenvalue weighted by atomic mass is 10.1. The molecule has 0 unspecified atom stereocenters. The number of amides is 2. The second-order valence-corrected chi connectivity index (χ2v) is 9.83. The van der Waals surface area contributed by atoms with Gasteiger partial charge in [-0.3, -0.25) is 9.59 Å². The molecule has 3 aromatic rings. The number of carbonyl (C=O) groups excluding carboxylic acids is 3. The molecule has 2 amide bonds. The number of esters is 1. The van der Waals surface area contributed by atoms with Crippen LogP contribution in [0.2, 0.25) is 5.02 Å². The summed E-state index contributed by atoms with van der Waals surface area (Å²) in [5, 5.41) is 15.5. The lowest BCUT2D eigenvalue weighted by Crippen LogP contribution is -2.20. The van der Waals surface area contributed by atoms with Crippen LogP contribution in [0.1, 0.15) is 28.4 Å². The van der Waals surface area contributed by atoms with Crippen molar-refractivity contribution in [3.63, 3.8) is 0 Å². The van der Waals surface area contributed by atoms with Crippen molar-refractivity contribution in [3.05, 3.63) is 85.5 Å². The first-order valence-corrected chi connectivity index (χ1v) is 13.4. The van der Waals surface area contributed by atoms with Crippen molar-refractivity contribution in [1.82, 2.24) is 0 Å². The number of methoxy groups -OCH3 is 1. The van der Waals surface area contributed by atoms with Crippen molar-refractivity contribution in [2.45, 2.75) is 13.8 Å². The molecule has 0 aliphatic rings. The maximum atomic E-state index is 12.7. The number of nitriles is 1. The largest absolute Gasteiger partial charge is 0.490 e. The number of halogens is 2. The number of benzene rings is 3. The van der Waals surface area contributed by atoms with Gasteiger partial charge in [-0.25, -0.2) is 4.79 Å². The van der Waals surface area contributed by atoms with Gasteiger partial charge in [-0.1, -0.05) is 17.7 Å². The average molecular weight is 674 g/mol. The molecular weight excluding hydrogens is 649 g/mol. The molecule has 0 aliphatic carbocycles. The van der Waals surface area contributed by atoms with Gasteiger partial charge in [0.05, 0.1) is 22.9 Å². The molecular formula is C29H25ClIN3O6. The third-order valence-electron chi connectivity index (χ3n) is 5.37. The van der Waals surface area contributed by atoms with Gasteiger partial charge < -0.3 is 24.8 Å². The number of rotatable bonds is 10. The van der Waals surface area contributed by atoms with Gasteiger partial charge in [0.2, 0.25) is 0 Å². The fraction of sp³-hybridized carbons (Fsp3) is 0.172. The van der Waals surface area contributed by atoms with Crippen LogP contribution in [-0.2, 0) is 14.3 Å². The molecule has 0 heterocycles. The van der Waals surface area contributed by atoms with Crippen LogP contribution < -0.4 is 20.1 Å². The Hall–Kier alpha value is -4.08. The number of anilines is 2. The third-order valence-corrected chi connectivity index (χ3v) is 6.58. The zero-order valence-electron chi connectivity index (χ0n) is 21.8. The molecule has 40 heavy (non-hydrogen) atoms. The number of nitrogens with zero attached hydrogens (tertiary/aromatic N) is 1. The highest BCUT2D eigenvalue weighted by Gasteiger charge is 2.16. The Bertz CT molecular complexity index is 1500. The van der Waals surface area contributed by atoms with E-state index in [9.17, 15) is 19.6 Å². The minimum atomic E-state index is -0.630. The van der Waals surface area contributed by atoms with E-state index >= 15 is 0 Å². The summed E-state index contributed by atoms with van der Waals surface area (Å²) in [6, 6.07) is 16.5. The number of hydrogen-bond acceptors (Lipinski definition) is 7. The monoisotopic (exact) mass is 673 g/mol. The van der Waals surface area contributed by atoms with Crippen molar-refractivity contribution in [1.29, 1.82) is 5.26 Å². The molecule has 2 N–H and O–H groups in total. The van der Waals surface area contributed by atoms with Crippen molar-refractivity contribution in [2.75, 3.05) is 31.0 Å². The average Bonchev–Trinajstić information content (AvgIpc) is 2.93. The first-order valence-electron chi connectivity index (χ1n) is 11.9. The third kappa shape index (κ3) is 8.21. The number of nitrogens with one attached hydrogen (secondary N) is 2. The topological polar surface area (TPSA) is 127 Å². The number of aryl methyl sites for hydroxylation is 1. The first kappa shape index (κ1) is 30.5. The molecule has 0 spiro atoms. The van der Waals surface area contributed by atoms with Gasteiger partial charge in [0.1, 0.15) is 11.6 Å². The molecule has 9 nitrogen and oxygen atoms in total. The maximum Gasteiger partial charge on any atom is 0.337 e. The molecule has 0 atom stereocenters. The summed E-state index contributed by atoms with van der Waals surface area (Å²) in [4.78, 5) is 36.8. The molecule has 0 fully saturated rings. The minimum absolute atomic E-state index is 0.153. The summed E-state index contributed by atoms with van der Waals surface area (Å²) in [5.41, 5.74) is 2.54. The first-order chi connectivity index (χ1) is 19.1. The number of hydrogen-bond donors (Lipinski definition) is 2. The number of ether oxygens (including phenoxy) is 3. The van der Waals surface area contributed by atoms with E-state index in [1.54, 1.807) is 37.3 Å². The van der Waals surface area contributed by atoms with E-state index in [1.165, 1.54) is 37.5 Å². The molecule has 0 saturated carbocycles. The Morgan fingerprint density at radius 1 is 1.02 bits per heavy atom. The Morgan fingerprint density at radius 2 is 1.73 bits per heavy atom. The molecule has 0 aliphatic heterocycles. The summed E-state index contributed by atoms with van der Waals surface area (Å²) in [6.07, 6.45) is 1.42. The molecule has 0 aromatic heterocycles.